The lowest BCUT2D eigenvalue weighted by Crippen LogP contribution is -2.11. The Bertz CT molecular complexity index is 657. The van der Waals surface area contributed by atoms with Crippen LogP contribution >= 0.6 is 12.2 Å². The van der Waals surface area contributed by atoms with Gasteiger partial charge in [0.1, 0.15) is 22.3 Å². The molecule has 21 heavy (non-hydrogen) atoms. The first kappa shape index (κ1) is 15.4. The molecule has 0 bridgehead atoms. The highest BCUT2D eigenvalue weighted by Gasteiger charge is 2.13. The highest BCUT2D eigenvalue weighted by Crippen LogP contribution is 2.33. The van der Waals surface area contributed by atoms with Crippen molar-refractivity contribution in [2.24, 2.45) is 5.73 Å². The second-order valence-corrected chi connectivity index (χ2v) is 5.39. The van der Waals surface area contributed by atoms with Crippen LogP contribution in [0.15, 0.2) is 42.5 Å². The Morgan fingerprint density at radius 2 is 1.95 bits per heavy atom. The molecule has 0 saturated heterocycles. The van der Waals surface area contributed by atoms with Gasteiger partial charge in [-0.25, -0.2) is 4.39 Å². The van der Waals surface area contributed by atoms with Crippen LogP contribution in [0.2, 0.25) is 0 Å². The van der Waals surface area contributed by atoms with Crippen molar-refractivity contribution in [2.45, 2.75) is 26.2 Å². The normalized spacial score (nSPS) is 12.0. The molecule has 4 heteroatoms. The lowest BCUT2D eigenvalue weighted by Gasteiger charge is -2.17. The van der Waals surface area contributed by atoms with E-state index in [4.69, 9.17) is 22.7 Å². The third-order valence-corrected chi connectivity index (χ3v) is 3.71. The molecular weight excluding hydrogens is 285 g/mol. The molecule has 0 saturated carbocycles. The van der Waals surface area contributed by atoms with Crippen molar-refractivity contribution in [1.29, 1.82) is 0 Å². The predicted octanol–water partition coefficient (Wildman–Crippen LogP) is 4.77. The molecule has 2 aromatic carbocycles. The predicted molar refractivity (Wildman–Crippen MR) is 87.5 cm³/mol. The molecule has 0 aromatic heterocycles. The van der Waals surface area contributed by atoms with Gasteiger partial charge in [-0.2, -0.15) is 0 Å². The summed E-state index contributed by atoms with van der Waals surface area (Å²) in [6.45, 7) is 4.26. The van der Waals surface area contributed by atoms with Crippen molar-refractivity contribution in [3.8, 4) is 11.5 Å². The minimum absolute atomic E-state index is 0.116. The van der Waals surface area contributed by atoms with Crippen LogP contribution in [0.4, 0.5) is 4.39 Å². The summed E-state index contributed by atoms with van der Waals surface area (Å²) in [5.41, 5.74) is 7.16. The van der Waals surface area contributed by atoms with Crippen LogP contribution in [0.3, 0.4) is 0 Å². The van der Waals surface area contributed by atoms with Gasteiger partial charge in [-0.15, -0.1) is 0 Å². The lowest BCUT2D eigenvalue weighted by molar-refractivity contribution is 0.467. The van der Waals surface area contributed by atoms with Crippen LogP contribution in [0.5, 0.6) is 11.5 Å². The number of thiocarbonyl (C=S) groups is 1. The van der Waals surface area contributed by atoms with Gasteiger partial charge < -0.3 is 10.5 Å². The largest absolute Gasteiger partial charge is 0.456 e. The lowest BCUT2D eigenvalue weighted by atomic mass is 9.98. The molecule has 1 unspecified atom stereocenters. The number of benzene rings is 2. The standard InChI is InChI=1S/C17H18FNOS/c1-3-11(2)13-6-4-5-7-15(13)20-16-9-8-12(18)10-14(16)17(19)21/h4-11H,3H2,1-2H3,(H2,19,21). The van der Waals surface area contributed by atoms with E-state index < -0.39 is 0 Å². The van der Waals surface area contributed by atoms with Gasteiger partial charge in [0.05, 0.1) is 5.56 Å². The van der Waals surface area contributed by atoms with E-state index in [1.54, 1.807) is 6.07 Å². The Balaban J connectivity index is 2.41. The van der Waals surface area contributed by atoms with Crippen LogP contribution in [0, 0.1) is 5.82 Å². The maximum absolute atomic E-state index is 13.3. The van der Waals surface area contributed by atoms with Crippen LogP contribution in [-0.4, -0.2) is 4.99 Å². The SMILES string of the molecule is CCC(C)c1ccccc1Oc1ccc(F)cc1C(N)=S. The fourth-order valence-corrected chi connectivity index (χ4v) is 2.26. The van der Waals surface area contributed by atoms with Gasteiger partial charge in [0.2, 0.25) is 0 Å². The second-order valence-electron chi connectivity index (χ2n) is 4.95. The summed E-state index contributed by atoms with van der Waals surface area (Å²) < 4.78 is 19.3. The summed E-state index contributed by atoms with van der Waals surface area (Å²) in [6.07, 6.45) is 1.01. The molecule has 1 atom stereocenters. The third kappa shape index (κ3) is 3.58. The minimum atomic E-state index is -0.389. The first-order chi connectivity index (χ1) is 10.0. The topological polar surface area (TPSA) is 35.2 Å². The molecule has 0 aliphatic heterocycles. The maximum Gasteiger partial charge on any atom is 0.137 e. The molecule has 0 fully saturated rings. The molecule has 0 aliphatic rings. The Kier molecular flexibility index (Phi) is 4.91. The third-order valence-electron chi connectivity index (χ3n) is 3.49. The number of ether oxygens (including phenoxy) is 1. The molecule has 0 spiro atoms. The Labute approximate surface area is 129 Å². The van der Waals surface area contributed by atoms with Gasteiger partial charge in [0, 0.05) is 0 Å². The number of halogens is 1. The summed E-state index contributed by atoms with van der Waals surface area (Å²) in [6, 6.07) is 12.0. The van der Waals surface area contributed by atoms with E-state index in [2.05, 4.69) is 13.8 Å². The van der Waals surface area contributed by atoms with Gasteiger partial charge >= 0.3 is 0 Å². The average Bonchev–Trinajstić information content (AvgIpc) is 2.48. The summed E-state index contributed by atoms with van der Waals surface area (Å²) in [5, 5.41) is 0. The van der Waals surface area contributed by atoms with E-state index in [9.17, 15) is 4.39 Å². The van der Waals surface area contributed by atoms with Crippen molar-refractivity contribution >= 4 is 17.2 Å². The quantitative estimate of drug-likeness (QED) is 0.808. The summed E-state index contributed by atoms with van der Waals surface area (Å²) in [5.74, 6) is 1.20. The number of nitrogens with two attached hydrogens (primary N) is 1. The summed E-state index contributed by atoms with van der Waals surface area (Å²) in [7, 11) is 0. The summed E-state index contributed by atoms with van der Waals surface area (Å²) >= 11 is 4.96. The first-order valence-corrected chi connectivity index (χ1v) is 7.30. The van der Waals surface area contributed by atoms with Crippen molar-refractivity contribution in [1.82, 2.24) is 0 Å². The zero-order valence-electron chi connectivity index (χ0n) is 12.1. The maximum atomic E-state index is 13.3. The van der Waals surface area contributed by atoms with E-state index in [1.165, 1.54) is 12.1 Å². The monoisotopic (exact) mass is 303 g/mol. The van der Waals surface area contributed by atoms with Gasteiger partial charge in [-0.3, -0.25) is 0 Å². The highest BCUT2D eigenvalue weighted by molar-refractivity contribution is 7.80. The molecule has 0 heterocycles. The van der Waals surface area contributed by atoms with E-state index in [0.717, 1.165) is 17.7 Å². The highest BCUT2D eigenvalue weighted by atomic mass is 32.1. The number of para-hydroxylation sites is 1. The molecule has 2 rings (SSSR count). The van der Waals surface area contributed by atoms with Crippen LogP contribution in [0.25, 0.3) is 0 Å². The second kappa shape index (κ2) is 6.68. The molecule has 2 aromatic rings. The van der Waals surface area contributed by atoms with Crippen LogP contribution in [-0.2, 0) is 0 Å². The average molecular weight is 303 g/mol. The van der Waals surface area contributed by atoms with Crippen LogP contribution < -0.4 is 10.5 Å². The van der Waals surface area contributed by atoms with E-state index in [0.29, 0.717) is 17.2 Å². The number of rotatable bonds is 5. The molecule has 2 nitrogen and oxygen atoms in total. The smallest absolute Gasteiger partial charge is 0.137 e. The Hall–Kier alpha value is -1.94. The van der Waals surface area contributed by atoms with E-state index in [-0.39, 0.29) is 10.8 Å². The molecule has 0 aliphatic carbocycles. The fourth-order valence-electron chi connectivity index (χ4n) is 2.10. The van der Waals surface area contributed by atoms with Gasteiger partial charge in [0.25, 0.3) is 0 Å². The molecule has 110 valence electrons. The zero-order valence-corrected chi connectivity index (χ0v) is 12.9. The van der Waals surface area contributed by atoms with Gasteiger partial charge in [-0.1, -0.05) is 44.3 Å². The van der Waals surface area contributed by atoms with Crippen molar-refractivity contribution in [3.63, 3.8) is 0 Å². The van der Waals surface area contributed by atoms with Gasteiger partial charge in [-0.05, 0) is 42.2 Å². The molecule has 2 N–H and O–H groups in total. The molecule has 0 amide bonds. The zero-order chi connectivity index (χ0) is 15.4. The van der Waals surface area contributed by atoms with Gasteiger partial charge in [0.15, 0.2) is 0 Å². The Morgan fingerprint density at radius 3 is 2.62 bits per heavy atom. The van der Waals surface area contributed by atoms with E-state index >= 15 is 0 Å². The number of hydrogen-bond donors (Lipinski definition) is 1. The molecular formula is C17H18FNOS. The first-order valence-electron chi connectivity index (χ1n) is 6.89. The number of hydrogen-bond acceptors (Lipinski definition) is 2. The molecule has 0 radical (unpaired) electrons. The fraction of sp³-hybridized carbons (Fsp3) is 0.235. The Morgan fingerprint density at radius 1 is 1.24 bits per heavy atom. The minimum Gasteiger partial charge on any atom is -0.456 e. The van der Waals surface area contributed by atoms with E-state index in [1.807, 2.05) is 24.3 Å². The van der Waals surface area contributed by atoms with Crippen molar-refractivity contribution < 1.29 is 9.13 Å². The van der Waals surface area contributed by atoms with Crippen molar-refractivity contribution in [3.05, 3.63) is 59.4 Å². The van der Waals surface area contributed by atoms with Crippen molar-refractivity contribution in [2.75, 3.05) is 0 Å². The van der Waals surface area contributed by atoms with Crippen LogP contribution in [0.1, 0.15) is 37.3 Å². The summed E-state index contributed by atoms with van der Waals surface area (Å²) in [4.78, 5) is 0.116.